The highest BCUT2D eigenvalue weighted by molar-refractivity contribution is 5.86. The molecule has 0 aliphatic carbocycles. The summed E-state index contributed by atoms with van der Waals surface area (Å²) in [6, 6.07) is 9.49. The van der Waals surface area contributed by atoms with Gasteiger partial charge in [0.25, 0.3) is 5.54 Å². The third-order valence-corrected chi connectivity index (χ3v) is 2.62. The Balaban J connectivity index is 2.57. The van der Waals surface area contributed by atoms with Crippen molar-refractivity contribution in [3.05, 3.63) is 46.0 Å². The number of ketones is 1. The van der Waals surface area contributed by atoms with Crippen molar-refractivity contribution < 1.29 is 9.72 Å². The molecular weight excluding hydrogens is 206 g/mol. The average molecular weight is 221 g/mol. The Bertz CT molecular complexity index is 385. The molecule has 0 saturated carbocycles. The minimum atomic E-state index is -1.48. The van der Waals surface area contributed by atoms with Crippen LogP contribution < -0.4 is 0 Å². The number of aryl methyl sites for hydroxylation is 1. The lowest BCUT2D eigenvalue weighted by Gasteiger charge is -2.13. The van der Waals surface area contributed by atoms with Crippen LogP contribution in [0.5, 0.6) is 0 Å². The van der Waals surface area contributed by atoms with E-state index in [4.69, 9.17) is 0 Å². The molecule has 4 heteroatoms. The predicted octanol–water partition coefficient (Wildman–Crippen LogP) is 2.24. The van der Waals surface area contributed by atoms with Crippen LogP contribution in [-0.4, -0.2) is 16.2 Å². The van der Waals surface area contributed by atoms with E-state index in [0.717, 1.165) is 5.56 Å². The minimum Gasteiger partial charge on any atom is -0.292 e. The molecule has 0 aromatic heterocycles. The summed E-state index contributed by atoms with van der Waals surface area (Å²) in [5.41, 5.74) is -0.454. The summed E-state index contributed by atoms with van der Waals surface area (Å²) in [4.78, 5) is 21.8. The molecule has 0 fully saturated rings. The molecule has 0 aliphatic heterocycles. The van der Waals surface area contributed by atoms with E-state index in [-0.39, 0.29) is 12.2 Å². The number of rotatable bonds is 5. The van der Waals surface area contributed by atoms with Gasteiger partial charge in [-0.25, -0.2) is 0 Å². The smallest absolute Gasteiger partial charge is 0.273 e. The molecule has 0 saturated heterocycles. The standard InChI is InChI=1S/C12H15NO3/c1-12(2,13(15)16)11(14)9-8-10-6-4-3-5-7-10/h3-7H,8-9H2,1-2H3. The minimum absolute atomic E-state index is 0.206. The van der Waals surface area contributed by atoms with Gasteiger partial charge >= 0.3 is 0 Å². The molecule has 16 heavy (non-hydrogen) atoms. The molecule has 0 radical (unpaired) electrons. The van der Waals surface area contributed by atoms with E-state index in [0.29, 0.717) is 6.42 Å². The van der Waals surface area contributed by atoms with E-state index in [1.807, 2.05) is 30.3 Å². The SMILES string of the molecule is CC(C)(C(=O)CCc1ccccc1)[N+](=O)[O-]. The molecule has 1 aromatic carbocycles. The van der Waals surface area contributed by atoms with Gasteiger partial charge in [0.1, 0.15) is 0 Å². The monoisotopic (exact) mass is 221 g/mol. The van der Waals surface area contributed by atoms with Crippen LogP contribution in [0.1, 0.15) is 25.8 Å². The van der Waals surface area contributed by atoms with Crippen molar-refractivity contribution in [2.45, 2.75) is 32.2 Å². The normalized spacial score (nSPS) is 11.1. The largest absolute Gasteiger partial charge is 0.292 e. The summed E-state index contributed by atoms with van der Waals surface area (Å²) in [6.07, 6.45) is 0.759. The Morgan fingerprint density at radius 2 is 1.88 bits per heavy atom. The Morgan fingerprint density at radius 3 is 2.38 bits per heavy atom. The fraction of sp³-hybridized carbons (Fsp3) is 0.417. The zero-order chi connectivity index (χ0) is 12.2. The molecule has 0 aliphatic rings. The van der Waals surface area contributed by atoms with Gasteiger partial charge in [-0.15, -0.1) is 0 Å². The van der Waals surface area contributed by atoms with Gasteiger partial charge in [0.05, 0.1) is 0 Å². The van der Waals surface area contributed by atoms with Gasteiger partial charge in [-0.05, 0) is 12.0 Å². The van der Waals surface area contributed by atoms with Crippen LogP contribution in [0.3, 0.4) is 0 Å². The summed E-state index contributed by atoms with van der Waals surface area (Å²) in [6.45, 7) is 2.70. The molecule has 4 nitrogen and oxygen atoms in total. The third kappa shape index (κ3) is 2.89. The van der Waals surface area contributed by atoms with Crippen molar-refractivity contribution in [3.8, 4) is 0 Å². The van der Waals surface area contributed by atoms with Crippen molar-refractivity contribution >= 4 is 5.78 Å². The number of hydrogen-bond acceptors (Lipinski definition) is 3. The first-order chi connectivity index (χ1) is 7.44. The van der Waals surface area contributed by atoms with Gasteiger partial charge in [0.15, 0.2) is 0 Å². The summed E-state index contributed by atoms with van der Waals surface area (Å²) >= 11 is 0. The lowest BCUT2D eigenvalue weighted by atomic mass is 9.95. The first-order valence-corrected chi connectivity index (χ1v) is 5.16. The first-order valence-electron chi connectivity index (χ1n) is 5.16. The van der Waals surface area contributed by atoms with Gasteiger partial charge in [-0.2, -0.15) is 0 Å². The number of nitro groups is 1. The summed E-state index contributed by atoms with van der Waals surface area (Å²) in [5, 5.41) is 10.7. The quantitative estimate of drug-likeness (QED) is 0.566. The van der Waals surface area contributed by atoms with Gasteiger partial charge in [0, 0.05) is 25.2 Å². The maximum absolute atomic E-state index is 11.6. The van der Waals surface area contributed by atoms with E-state index >= 15 is 0 Å². The summed E-state index contributed by atoms with van der Waals surface area (Å²) < 4.78 is 0. The summed E-state index contributed by atoms with van der Waals surface area (Å²) in [7, 11) is 0. The lowest BCUT2D eigenvalue weighted by Crippen LogP contribution is -2.40. The number of benzene rings is 1. The molecule has 1 rings (SSSR count). The number of hydrogen-bond donors (Lipinski definition) is 0. The maximum atomic E-state index is 11.6. The van der Waals surface area contributed by atoms with E-state index in [1.165, 1.54) is 13.8 Å². The lowest BCUT2D eigenvalue weighted by molar-refractivity contribution is -0.542. The van der Waals surface area contributed by atoms with Crippen LogP contribution in [0, 0.1) is 10.1 Å². The highest BCUT2D eigenvalue weighted by Gasteiger charge is 2.38. The highest BCUT2D eigenvalue weighted by Crippen LogP contribution is 2.13. The number of Topliss-reactive ketones (excluding diaryl/α,β-unsaturated/α-hetero) is 1. The van der Waals surface area contributed by atoms with Crippen molar-refractivity contribution in [2.24, 2.45) is 0 Å². The molecule has 0 spiro atoms. The van der Waals surface area contributed by atoms with Crippen LogP contribution in [0.25, 0.3) is 0 Å². The van der Waals surface area contributed by atoms with Gasteiger partial charge in [-0.3, -0.25) is 14.9 Å². The molecular formula is C12H15NO3. The average Bonchev–Trinajstić information content (AvgIpc) is 2.27. The second-order valence-corrected chi connectivity index (χ2v) is 4.22. The second-order valence-electron chi connectivity index (χ2n) is 4.22. The fourth-order valence-corrected chi connectivity index (χ4v) is 1.31. The van der Waals surface area contributed by atoms with E-state index < -0.39 is 10.5 Å². The summed E-state index contributed by atoms with van der Waals surface area (Å²) in [5.74, 6) is -0.332. The topological polar surface area (TPSA) is 60.2 Å². The number of carbonyl (C=O) groups is 1. The van der Waals surface area contributed by atoms with Crippen LogP contribution in [-0.2, 0) is 11.2 Å². The van der Waals surface area contributed by atoms with Crippen LogP contribution in [0.2, 0.25) is 0 Å². The number of nitrogens with zero attached hydrogens (tertiary/aromatic N) is 1. The third-order valence-electron chi connectivity index (χ3n) is 2.62. The fourth-order valence-electron chi connectivity index (χ4n) is 1.31. The van der Waals surface area contributed by atoms with E-state index in [2.05, 4.69) is 0 Å². The Morgan fingerprint density at radius 1 is 1.31 bits per heavy atom. The molecule has 0 amide bonds. The zero-order valence-electron chi connectivity index (χ0n) is 9.47. The molecule has 0 atom stereocenters. The molecule has 0 unspecified atom stereocenters. The van der Waals surface area contributed by atoms with Crippen LogP contribution in [0.15, 0.2) is 30.3 Å². The van der Waals surface area contributed by atoms with Crippen molar-refractivity contribution in [3.63, 3.8) is 0 Å². The van der Waals surface area contributed by atoms with Gasteiger partial charge < -0.3 is 0 Å². The Hall–Kier alpha value is -1.71. The highest BCUT2D eigenvalue weighted by atomic mass is 16.6. The molecule has 0 heterocycles. The Labute approximate surface area is 94.4 Å². The van der Waals surface area contributed by atoms with Crippen LogP contribution >= 0.6 is 0 Å². The second kappa shape index (κ2) is 4.88. The predicted molar refractivity (Wildman–Crippen MR) is 60.8 cm³/mol. The van der Waals surface area contributed by atoms with Gasteiger partial charge in [0.2, 0.25) is 5.78 Å². The molecule has 1 aromatic rings. The maximum Gasteiger partial charge on any atom is 0.273 e. The van der Waals surface area contributed by atoms with Crippen molar-refractivity contribution in [1.29, 1.82) is 0 Å². The van der Waals surface area contributed by atoms with E-state index in [9.17, 15) is 14.9 Å². The molecule has 0 bridgehead atoms. The first kappa shape index (κ1) is 12.4. The molecule has 0 N–H and O–H groups in total. The molecule has 86 valence electrons. The van der Waals surface area contributed by atoms with E-state index in [1.54, 1.807) is 0 Å². The van der Waals surface area contributed by atoms with Crippen molar-refractivity contribution in [1.82, 2.24) is 0 Å². The van der Waals surface area contributed by atoms with Crippen molar-refractivity contribution in [2.75, 3.05) is 0 Å². The Kier molecular flexibility index (Phi) is 3.77. The van der Waals surface area contributed by atoms with Crippen LogP contribution in [0.4, 0.5) is 0 Å². The number of carbonyl (C=O) groups excluding carboxylic acids is 1. The van der Waals surface area contributed by atoms with Gasteiger partial charge in [-0.1, -0.05) is 30.3 Å². The zero-order valence-corrected chi connectivity index (χ0v) is 9.47.